The summed E-state index contributed by atoms with van der Waals surface area (Å²) >= 11 is 5.57. The third-order valence-corrected chi connectivity index (χ3v) is 6.90. The van der Waals surface area contributed by atoms with Crippen molar-refractivity contribution in [3.05, 3.63) is 42.0 Å². The summed E-state index contributed by atoms with van der Waals surface area (Å²) in [5.74, 6) is 4.00. The van der Waals surface area contributed by atoms with Crippen LogP contribution in [0.25, 0.3) is 0 Å². The average molecular weight is 467 g/mol. The Morgan fingerprint density at radius 3 is 2.15 bits per heavy atom. The summed E-state index contributed by atoms with van der Waals surface area (Å²) in [4.78, 5) is 14.6. The molecule has 2 aromatic rings. The molecule has 0 amide bonds. The molecular formula is C26H38N6S. The molecule has 0 aliphatic carbocycles. The molecule has 0 spiro atoms. The Morgan fingerprint density at radius 1 is 0.970 bits per heavy atom. The first-order chi connectivity index (χ1) is 16.1. The fourth-order valence-electron chi connectivity index (χ4n) is 4.88. The van der Waals surface area contributed by atoms with Crippen molar-refractivity contribution >= 4 is 34.9 Å². The Labute approximate surface area is 204 Å². The van der Waals surface area contributed by atoms with Crippen molar-refractivity contribution in [1.82, 2.24) is 15.3 Å². The number of nitrogens with one attached hydrogen (secondary N) is 2. The molecule has 2 atom stereocenters. The molecule has 7 heteroatoms. The molecule has 0 unspecified atom stereocenters. The number of hydrogen-bond donors (Lipinski definition) is 2. The van der Waals surface area contributed by atoms with Crippen LogP contribution < -0.4 is 20.4 Å². The third kappa shape index (κ3) is 7.03. The van der Waals surface area contributed by atoms with E-state index in [0.29, 0.717) is 22.9 Å². The lowest BCUT2D eigenvalue weighted by atomic mass is 10.00. The Morgan fingerprint density at radius 2 is 1.58 bits per heavy atom. The van der Waals surface area contributed by atoms with E-state index in [0.717, 1.165) is 57.2 Å². The fraction of sp³-hybridized carbons (Fsp3) is 0.577. The van der Waals surface area contributed by atoms with Gasteiger partial charge >= 0.3 is 0 Å². The van der Waals surface area contributed by atoms with Gasteiger partial charge in [-0.05, 0) is 68.1 Å². The molecule has 2 aliphatic rings. The van der Waals surface area contributed by atoms with Gasteiger partial charge in [-0.1, -0.05) is 44.2 Å². The molecule has 2 saturated heterocycles. The van der Waals surface area contributed by atoms with Crippen LogP contribution in [0.4, 0.5) is 17.6 Å². The number of rotatable bonds is 7. The van der Waals surface area contributed by atoms with Crippen molar-refractivity contribution in [1.29, 1.82) is 0 Å². The fourth-order valence-corrected chi connectivity index (χ4v) is 5.08. The van der Waals surface area contributed by atoms with Crippen molar-refractivity contribution < 1.29 is 0 Å². The highest BCUT2D eigenvalue weighted by atomic mass is 32.1. The molecule has 2 N–H and O–H groups in total. The van der Waals surface area contributed by atoms with Gasteiger partial charge in [0, 0.05) is 38.8 Å². The van der Waals surface area contributed by atoms with E-state index in [4.69, 9.17) is 22.2 Å². The smallest absolute Gasteiger partial charge is 0.232 e. The normalized spacial score (nSPS) is 21.0. The minimum atomic E-state index is 0.588. The zero-order chi connectivity index (χ0) is 23.0. The summed E-state index contributed by atoms with van der Waals surface area (Å²) in [6, 6.07) is 12.7. The summed E-state index contributed by atoms with van der Waals surface area (Å²) in [6.07, 6.45) is 7.07. The van der Waals surface area contributed by atoms with Crippen LogP contribution in [-0.4, -0.2) is 47.8 Å². The molecule has 33 heavy (non-hydrogen) atoms. The number of aryl methyl sites for hydroxylation is 1. The molecule has 0 bridgehead atoms. The molecule has 2 fully saturated rings. The predicted molar refractivity (Wildman–Crippen MR) is 142 cm³/mol. The lowest BCUT2D eigenvalue weighted by Gasteiger charge is -2.35. The van der Waals surface area contributed by atoms with Gasteiger partial charge in [0.15, 0.2) is 5.11 Å². The molecule has 4 rings (SSSR count). The number of nitrogens with zero attached hydrogens (tertiary/aromatic N) is 4. The van der Waals surface area contributed by atoms with Gasteiger partial charge in [0.2, 0.25) is 5.95 Å². The summed E-state index contributed by atoms with van der Waals surface area (Å²) in [5, 5.41) is 7.18. The van der Waals surface area contributed by atoms with E-state index in [-0.39, 0.29) is 0 Å². The highest BCUT2D eigenvalue weighted by molar-refractivity contribution is 7.80. The Bertz CT molecular complexity index is 865. The van der Waals surface area contributed by atoms with Gasteiger partial charge in [-0.2, -0.15) is 9.97 Å². The van der Waals surface area contributed by atoms with E-state index in [1.807, 2.05) is 0 Å². The molecule has 178 valence electrons. The largest absolute Gasteiger partial charge is 0.362 e. The Balaban J connectivity index is 1.41. The van der Waals surface area contributed by atoms with Crippen molar-refractivity contribution in [2.45, 2.75) is 52.4 Å². The number of aromatic nitrogens is 2. The van der Waals surface area contributed by atoms with Crippen LogP contribution in [0.15, 0.2) is 36.4 Å². The molecule has 0 radical (unpaired) electrons. The van der Waals surface area contributed by atoms with Gasteiger partial charge in [0.05, 0.1) is 0 Å². The SMILES string of the molecule is C[C@@H]1CCCN(c2cc(N3CCC[C@@H](C)C3)nc(NC(=S)NCCCc3ccccc3)n2)C1. The zero-order valence-electron chi connectivity index (χ0n) is 20.1. The molecule has 2 aliphatic heterocycles. The van der Waals surface area contributed by atoms with Gasteiger partial charge in [-0.15, -0.1) is 0 Å². The molecule has 0 saturated carbocycles. The number of thiocarbonyl (C=S) groups is 1. The monoisotopic (exact) mass is 466 g/mol. The van der Waals surface area contributed by atoms with E-state index in [2.05, 4.69) is 70.7 Å². The average Bonchev–Trinajstić information content (AvgIpc) is 2.82. The second-order valence-corrected chi connectivity index (χ2v) is 10.2. The van der Waals surface area contributed by atoms with Crippen molar-refractivity contribution in [3.63, 3.8) is 0 Å². The van der Waals surface area contributed by atoms with Gasteiger partial charge in [0.25, 0.3) is 0 Å². The molecular weight excluding hydrogens is 428 g/mol. The maximum atomic E-state index is 5.57. The summed E-state index contributed by atoms with van der Waals surface area (Å²) in [5.41, 5.74) is 1.35. The lowest BCUT2D eigenvalue weighted by molar-refractivity contribution is 0.441. The molecule has 1 aromatic carbocycles. The standard InChI is InChI=1S/C26H38N6S/c1-20-9-7-15-31(18-20)23-17-24(32-16-8-10-21(2)19-32)29-25(28-23)30-26(33)27-14-6-13-22-11-4-3-5-12-22/h3-5,11-12,17,20-21H,6-10,13-16,18-19H2,1-2H3,(H2,27,28,29,30,33)/t20-,21-/m1/s1. The predicted octanol–water partition coefficient (Wildman–Crippen LogP) is 4.87. The van der Waals surface area contributed by atoms with Crippen molar-refractivity contribution in [2.24, 2.45) is 11.8 Å². The van der Waals surface area contributed by atoms with Gasteiger partial charge in [-0.25, -0.2) is 0 Å². The molecule has 3 heterocycles. The highest BCUT2D eigenvalue weighted by Crippen LogP contribution is 2.28. The topological polar surface area (TPSA) is 56.3 Å². The summed E-state index contributed by atoms with van der Waals surface area (Å²) in [6.45, 7) is 9.68. The van der Waals surface area contributed by atoms with Crippen molar-refractivity contribution in [3.8, 4) is 0 Å². The summed E-state index contributed by atoms with van der Waals surface area (Å²) < 4.78 is 0. The van der Waals surface area contributed by atoms with Gasteiger partial charge in [-0.3, -0.25) is 0 Å². The first kappa shape index (κ1) is 23.7. The van der Waals surface area contributed by atoms with Crippen LogP contribution >= 0.6 is 12.2 Å². The minimum Gasteiger partial charge on any atom is -0.362 e. The van der Waals surface area contributed by atoms with E-state index >= 15 is 0 Å². The number of piperidine rings is 2. The van der Waals surface area contributed by atoms with Crippen molar-refractivity contribution in [2.75, 3.05) is 47.8 Å². The Kier molecular flexibility index (Phi) is 8.37. The van der Waals surface area contributed by atoms with Crippen LogP contribution in [0.1, 0.15) is 51.5 Å². The first-order valence-electron chi connectivity index (χ1n) is 12.5. The number of benzene rings is 1. The zero-order valence-corrected chi connectivity index (χ0v) is 20.9. The highest BCUT2D eigenvalue weighted by Gasteiger charge is 2.23. The van der Waals surface area contributed by atoms with Crippen LogP contribution in [0, 0.1) is 11.8 Å². The summed E-state index contributed by atoms with van der Waals surface area (Å²) in [7, 11) is 0. The lowest BCUT2D eigenvalue weighted by Crippen LogP contribution is -2.37. The van der Waals surface area contributed by atoms with Crippen LogP contribution in [0.2, 0.25) is 0 Å². The van der Waals surface area contributed by atoms with Crippen LogP contribution in [0.5, 0.6) is 0 Å². The number of hydrogen-bond acceptors (Lipinski definition) is 5. The molecule has 6 nitrogen and oxygen atoms in total. The Hall–Kier alpha value is -2.41. The maximum Gasteiger partial charge on any atom is 0.232 e. The van der Waals surface area contributed by atoms with Gasteiger partial charge < -0.3 is 20.4 Å². The second-order valence-electron chi connectivity index (χ2n) is 9.76. The molecule has 1 aromatic heterocycles. The van der Waals surface area contributed by atoms with Gasteiger partial charge in [0.1, 0.15) is 11.6 Å². The van der Waals surface area contributed by atoms with E-state index in [1.54, 1.807) is 0 Å². The van der Waals surface area contributed by atoms with E-state index < -0.39 is 0 Å². The quantitative estimate of drug-likeness (QED) is 0.446. The minimum absolute atomic E-state index is 0.588. The first-order valence-corrected chi connectivity index (χ1v) is 13.0. The second kappa shape index (κ2) is 11.6. The number of anilines is 3. The van der Waals surface area contributed by atoms with E-state index in [1.165, 1.54) is 31.2 Å². The van der Waals surface area contributed by atoms with Crippen LogP contribution in [0.3, 0.4) is 0 Å². The third-order valence-electron chi connectivity index (χ3n) is 6.66. The maximum absolute atomic E-state index is 5.57. The van der Waals surface area contributed by atoms with E-state index in [9.17, 15) is 0 Å². The van der Waals surface area contributed by atoms with Crippen LogP contribution in [-0.2, 0) is 6.42 Å².